The van der Waals surface area contributed by atoms with E-state index < -0.39 is 5.91 Å². The molecule has 0 saturated carbocycles. The second-order valence-corrected chi connectivity index (χ2v) is 7.61. The number of nitrogens with one attached hydrogen (secondary N) is 2. The third kappa shape index (κ3) is 5.07. The molecule has 0 bridgehead atoms. The van der Waals surface area contributed by atoms with Crippen LogP contribution in [0.2, 0.25) is 5.02 Å². The molecule has 0 spiro atoms. The third-order valence-corrected chi connectivity index (χ3v) is 5.10. The van der Waals surface area contributed by atoms with Crippen LogP contribution in [0, 0.1) is 0 Å². The molecule has 162 valence electrons. The standard InChI is InChI=1S/C24H20ClN3O4/c25-18-8-4-5-16(11-18)14-28-20-12-19(9-10-21(20)32-15-23(28)30)27-22(29)13-26-24(31)17-6-2-1-3-7-17/h1-12H,13-15H2,(H,26,31)(H,27,29). The maximum atomic E-state index is 12.5. The van der Waals surface area contributed by atoms with E-state index in [9.17, 15) is 14.4 Å². The number of benzene rings is 3. The van der Waals surface area contributed by atoms with Crippen LogP contribution in [0.1, 0.15) is 15.9 Å². The molecule has 3 aromatic rings. The number of halogens is 1. The predicted octanol–water partition coefficient (Wildman–Crippen LogP) is 3.63. The van der Waals surface area contributed by atoms with Crippen LogP contribution in [-0.2, 0) is 16.1 Å². The lowest BCUT2D eigenvalue weighted by Crippen LogP contribution is -2.38. The molecule has 1 aliphatic rings. The molecule has 4 rings (SSSR count). The van der Waals surface area contributed by atoms with Gasteiger partial charge in [-0.2, -0.15) is 0 Å². The van der Waals surface area contributed by atoms with E-state index in [-0.39, 0.29) is 25.0 Å². The monoisotopic (exact) mass is 449 g/mol. The summed E-state index contributed by atoms with van der Waals surface area (Å²) >= 11 is 6.07. The van der Waals surface area contributed by atoms with Gasteiger partial charge in [-0.15, -0.1) is 0 Å². The molecule has 0 fully saturated rings. The minimum Gasteiger partial charge on any atom is -0.482 e. The van der Waals surface area contributed by atoms with E-state index >= 15 is 0 Å². The maximum absolute atomic E-state index is 12.5. The molecule has 2 N–H and O–H groups in total. The number of amides is 3. The quantitative estimate of drug-likeness (QED) is 0.601. The molecule has 0 saturated heterocycles. The number of hydrogen-bond donors (Lipinski definition) is 2. The average molecular weight is 450 g/mol. The Morgan fingerprint density at radius 1 is 1.00 bits per heavy atom. The minimum atomic E-state index is -0.390. The van der Waals surface area contributed by atoms with Crippen LogP contribution >= 0.6 is 11.6 Å². The summed E-state index contributed by atoms with van der Waals surface area (Å²) in [7, 11) is 0. The molecule has 0 atom stereocenters. The Kier molecular flexibility index (Phi) is 6.37. The fraction of sp³-hybridized carbons (Fsp3) is 0.125. The van der Waals surface area contributed by atoms with E-state index in [2.05, 4.69) is 10.6 Å². The van der Waals surface area contributed by atoms with Gasteiger partial charge in [0.1, 0.15) is 5.75 Å². The van der Waals surface area contributed by atoms with Crippen LogP contribution in [0.25, 0.3) is 0 Å². The van der Waals surface area contributed by atoms with E-state index in [1.807, 2.05) is 18.2 Å². The van der Waals surface area contributed by atoms with Crippen LogP contribution < -0.4 is 20.3 Å². The van der Waals surface area contributed by atoms with Gasteiger partial charge in [-0.05, 0) is 48.0 Å². The molecule has 1 aliphatic heterocycles. The van der Waals surface area contributed by atoms with Crippen molar-refractivity contribution in [1.29, 1.82) is 0 Å². The highest BCUT2D eigenvalue weighted by Gasteiger charge is 2.26. The molecule has 7 nitrogen and oxygen atoms in total. The number of fused-ring (bicyclic) bond motifs is 1. The highest BCUT2D eigenvalue weighted by Crippen LogP contribution is 2.35. The molecule has 1 heterocycles. The molecule has 0 unspecified atom stereocenters. The van der Waals surface area contributed by atoms with Gasteiger partial charge in [0.25, 0.3) is 11.8 Å². The molecule has 3 aromatic carbocycles. The van der Waals surface area contributed by atoms with Gasteiger partial charge in [0, 0.05) is 16.3 Å². The summed E-state index contributed by atoms with van der Waals surface area (Å²) in [6, 6.07) is 21.0. The number of carbonyl (C=O) groups excluding carboxylic acids is 3. The number of carbonyl (C=O) groups is 3. The SMILES string of the molecule is O=C(CNC(=O)c1ccccc1)Nc1ccc2c(c1)N(Cc1cccc(Cl)c1)C(=O)CO2. The van der Waals surface area contributed by atoms with Crippen molar-refractivity contribution in [3.8, 4) is 5.75 Å². The first-order valence-electron chi connectivity index (χ1n) is 9.94. The molecule has 0 aliphatic carbocycles. The Balaban J connectivity index is 1.45. The van der Waals surface area contributed by atoms with Crippen LogP contribution in [-0.4, -0.2) is 30.9 Å². The third-order valence-electron chi connectivity index (χ3n) is 4.86. The summed E-state index contributed by atoms with van der Waals surface area (Å²) < 4.78 is 5.53. The molecule has 32 heavy (non-hydrogen) atoms. The largest absolute Gasteiger partial charge is 0.482 e. The Bertz CT molecular complexity index is 1170. The molecule has 0 aromatic heterocycles. The van der Waals surface area contributed by atoms with Gasteiger partial charge in [0.15, 0.2) is 6.61 Å². The lowest BCUT2D eigenvalue weighted by Gasteiger charge is -2.30. The van der Waals surface area contributed by atoms with Crippen LogP contribution in [0.4, 0.5) is 11.4 Å². The Hall–Kier alpha value is -3.84. The molecule has 3 amide bonds. The number of anilines is 2. The second-order valence-electron chi connectivity index (χ2n) is 7.18. The van der Waals surface area contributed by atoms with Gasteiger partial charge >= 0.3 is 0 Å². The minimum absolute atomic E-state index is 0.0647. The van der Waals surface area contributed by atoms with Gasteiger partial charge in [0.05, 0.1) is 18.8 Å². The summed E-state index contributed by atoms with van der Waals surface area (Å²) in [5.41, 5.74) is 2.38. The maximum Gasteiger partial charge on any atom is 0.265 e. The van der Waals surface area contributed by atoms with Crippen molar-refractivity contribution < 1.29 is 19.1 Å². The first-order chi connectivity index (χ1) is 15.5. The Labute approximate surface area is 189 Å². The van der Waals surface area contributed by atoms with Crippen LogP contribution in [0.3, 0.4) is 0 Å². The summed E-state index contributed by atoms with van der Waals surface area (Å²) in [4.78, 5) is 38.6. The molecule has 8 heteroatoms. The number of hydrogen-bond acceptors (Lipinski definition) is 4. The number of rotatable bonds is 6. The van der Waals surface area contributed by atoms with Gasteiger partial charge in [0.2, 0.25) is 5.91 Å². The van der Waals surface area contributed by atoms with Crippen LogP contribution in [0.5, 0.6) is 5.75 Å². The zero-order chi connectivity index (χ0) is 22.5. The van der Waals surface area contributed by atoms with Crippen molar-refractivity contribution >= 4 is 40.7 Å². The van der Waals surface area contributed by atoms with Gasteiger partial charge in [-0.25, -0.2) is 0 Å². The Morgan fingerprint density at radius 3 is 2.59 bits per heavy atom. The zero-order valence-electron chi connectivity index (χ0n) is 17.0. The lowest BCUT2D eigenvalue weighted by molar-refractivity contribution is -0.121. The van der Waals surface area contributed by atoms with Crippen molar-refractivity contribution in [3.05, 3.63) is 88.9 Å². The van der Waals surface area contributed by atoms with Gasteiger partial charge in [-0.3, -0.25) is 14.4 Å². The number of nitrogens with zero attached hydrogens (tertiary/aromatic N) is 1. The van der Waals surface area contributed by atoms with Crippen molar-refractivity contribution in [2.75, 3.05) is 23.4 Å². The van der Waals surface area contributed by atoms with Crippen molar-refractivity contribution in [2.24, 2.45) is 0 Å². The normalized spacial score (nSPS) is 12.5. The van der Waals surface area contributed by atoms with Crippen molar-refractivity contribution in [1.82, 2.24) is 5.32 Å². The first-order valence-corrected chi connectivity index (χ1v) is 10.3. The van der Waals surface area contributed by atoms with Crippen molar-refractivity contribution in [3.63, 3.8) is 0 Å². The summed E-state index contributed by atoms with van der Waals surface area (Å²) in [5.74, 6) is -0.380. The number of ether oxygens (including phenoxy) is 1. The van der Waals surface area contributed by atoms with Crippen LogP contribution in [0.15, 0.2) is 72.8 Å². The van der Waals surface area contributed by atoms with E-state index in [1.54, 1.807) is 59.5 Å². The fourth-order valence-corrected chi connectivity index (χ4v) is 3.54. The summed E-state index contributed by atoms with van der Waals surface area (Å²) in [5, 5.41) is 5.91. The van der Waals surface area contributed by atoms with Crippen molar-refractivity contribution in [2.45, 2.75) is 6.54 Å². The topological polar surface area (TPSA) is 87.7 Å². The molecular weight excluding hydrogens is 430 g/mol. The first kappa shape index (κ1) is 21.4. The van der Waals surface area contributed by atoms with E-state index in [4.69, 9.17) is 16.3 Å². The van der Waals surface area contributed by atoms with E-state index in [1.165, 1.54) is 0 Å². The van der Waals surface area contributed by atoms with E-state index in [0.717, 1.165) is 5.56 Å². The zero-order valence-corrected chi connectivity index (χ0v) is 17.8. The van der Waals surface area contributed by atoms with Gasteiger partial charge < -0.3 is 20.3 Å². The highest BCUT2D eigenvalue weighted by molar-refractivity contribution is 6.30. The predicted molar refractivity (Wildman–Crippen MR) is 122 cm³/mol. The average Bonchev–Trinajstić information content (AvgIpc) is 2.80. The summed E-state index contributed by atoms with van der Waals surface area (Å²) in [6.07, 6.45) is 0. The molecule has 0 radical (unpaired) electrons. The molecular formula is C24H20ClN3O4. The second kappa shape index (κ2) is 9.53. The van der Waals surface area contributed by atoms with E-state index in [0.29, 0.717) is 34.3 Å². The summed E-state index contributed by atoms with van der Waals surface area (Å²) in [6.45, 7) is 0.0670. The van der Waals surface area contributed by atoms with Gasteiger partial charge in [-0.1, -0.05) is 41.9 Å². The lowest BCUT2D eigenvalue weighted by atomic mass is 10.1. The highest BCUT2D eigenvalue weighted by atomic mass is 35.5. The fourth-order valence-electron chi connectivity index (χ4n) is 3.33. The Morgan fingerprint density at radius 2 is 1.81 bits per heavy atom. The smallest absolute Gasteiger partial charge is 0.265 e.